The molecular formula is C17H27NO3. The second-order valence-electron chi connectivity index (χ2n) is 5.73. The summed E-state index contributed by atoms with van der Waals surface area (Å²) in [7, 11) is 0. The molecule has 118 valence electrons. The summed E-state index contributed by atoms with van der Waals surface area (Å²) in [6, 6.07) is 10.2. The molecule has 0 bridgehead atoms. The minimum Gasteiger partial charge on any atom is -0.481 e. The number of hydrogen-bond acceptors (Lipinski definition) is 3. The Morgan fingerprint density at radius 1 is 1.24 bits per heavy atom. The summed E-state index contributed by atoms with van der Waals surface area (Å²) >= 11 is 0. The fourth-order valence-electron chi connectivity index (χ4n) is 2.15. The third-order valence-electron chi connectivity index (χ3n) is 3.27. The van der Waals surface area contributed by atoms with Crippen molar-refractivity contribution in [2.75, 3.05) is 19.7 Å². The molecule has 0 aromatic heterocycles. The highest BCUT2D eigenvalue weighted by molar-refractivity contribution is 5.69. The standard InChI is InChI=1S/C17H27NO3/c1-14(2)21-11-7-10-18(12-15(3)17(19)20)13-16-8-5-4-6-9-16/h4-6,8-9,14-15H,7,10-13H2,1-3H3,(H,19,20). The Morgan fingerprint density at radius 3 is 2.48 bits per heavy atom. The number of nitrogens with zero attached hydrogens (tertiary/aromatic N) is 1. The summed E-state index contributed by atoms with van der Waals surface area (Å²) in [6.45, 7) is 8.70. The zero-order valence-electron chi connectivity index (χ0n) is 13.3. The maximum atomic E-state index is 11.1. The molecule has 0 radical (unpaired) electrons. The summed E-state index contributed by atoms with van der Waals surface area (Å²) < 4.78 is 5.55. The quantitative estimate of drug-likeness (QED) is 0.674. The summed E-state index contributed by atoms with van der Waals surface area (Å²) in [5, 5.41) is 9.09. The van der Waals surface area contributed by atoms with Gasteiger partial charge in [-0.2, -0.15) is 0 Å². The number of benzene rings is 1. The van der Waals surface area contributed by atoms with E-state index in [1.165, 1.54) is 5.56 Å². The monoisotopic (exact) mass is 293 g/mol. The van der Waals surface area contributed by atoms with Crippen molar-refractivity contribution in [2.45, 2.75) is 39.8 Å². The van der Waals surface area contributed by atoms with Crippen molar-refractivity contribution in [1.82, 2.24) is 4.90 Å². The van der Waals surface area contributed by atoms with Crippen LogP contribution in [-0.2, 0) is 16.1 Å². The molecule has 0 aliphatic carbocycles. The van der Waals surface area contributed by atoms with Crippen molar-refractivity contribution >= 4 is 5.97 Å². The van der Waals surface area contributed by atoms with Gasteiger partial charge >= 0.3 is 5.97 Å². The smallest absolute Gasteiger partial charge is 0.307 e. The lowest BCUT2D eigenvalue weighted by Gasteiger charge is -2.24. The lowest BCUT2D eigenvalue weighted by Crippen LogP contribution is -2.33. The van der Waals surface area contributed by atoms with Gasteiger partial charge in [0.1, 0.15) is 0 Å². The van der Waals surface area contributed by atoms with Crippen LogP contribution >= 0.6 is 0 Å². The van der Waals surface area contributed by atoms with Gasteiger partial charge in [-0.15, -0.1) is 0 Å². The maximum Gasteiger partial charge on any atom is 0.307 e. The van der Waals surface area contributed by atoms with E-state index in [-0.39, 0.29) is 12.0 Å². The molecule has 0 heterocycles. The Hall–Kier alpha value is -1.39. The third kappa shape index (κ3) is 7.83. The van der Waals surface area contributed by atoms with Crippen LogP contribution in [0.5, 0.6) is 0 Å². The van der Waals surface area contributed by atoms with Crippen LogP contribution in [0.3, 0.4) is 0 Å². The number of carbonyl (C=O) groups is 1. The molecule has 1 aromatic rings. The Balaban J connectivity index is 2.51. The molecule has 1 N–H and O–H groups in total. The van der Waals surface area contributed by atoms with Crippen LogP contribution in [0.25, 0.3) is 0 Å². The second-order valence-corrected chi connectivity index (χ2v) is 5.73. The van der Waals surface area contributed by atoms with Crippen LogP contribution in [0.1, 0.15) is 32.8 Å². The van der Waals surface area contributed by atoms with Crippen LogP contribution in [0, 0.1) is 5.92 Å². The van der Waals surface area contributed by atoms with Crippen LogP contribution in [0.4, 0.5) is 0 Å². The van der Waals surface area contributed by atoms with Crippen LogP contribution in [0.15, 0.2) is 30.3 Å². The Bertz CT molecular complexity index is 406. The highest BCUT2D eigenvalue weighted by Crippen LogP contribution is 2.09. The molecular weight excluding hydrogens is 266 g/mol. The van der Waals surface area contributed by atoms with E-state index in [1.54, 1.807) is 6.92 Å². The summed E-state index contributed by atoms with van der Waals surface area (Å²) in [5.41, 5.74) is 1.21. The first kappa shape index (κ1) is 17.7. The molecule has 0 fully saturated rings. The largest absolute Gasteiger partial charge is 0.481 e. The van der Waals surface area contributed by atoms with E-state index >= 15 is 0 Å². The second kappa shape index (κ2) is 9.53. The number of hydrogen-bond donors (Lipinski definition) is 1. The van der Waals surface area contributed by atoms with Gasteiger partial charge in [0.05, 0.1) is 12.0 Å². The molecule has 0 spiro atoms. The predicted molar refractivity (Wildman–Crippen MR) is 84.2 cm³/mol. The molecule has 1 rings (SSSR count). The SMILES string of the molecule is CC(C)OCCCN(Cc1ccccc1)CC(C)C(=O)O. The first-order valence-corrected chi connectivity index (χ1v) is 7.59. The Kier molecular flexibility index (Phi) is 8.01. The van der Waals surface area contributed by atoms with E-state index in [9.17, 15) is 4.79 Å². The summed E-state index contributed by atoms with van der Waals surface area (Å²) in [6.07, 6.45) is 1.16. The van der Waals surface area contributed by atoms with Crippen LogP contribution < -0.4 is 0 Å². The molecule has 0 saturated carbocycles. The van der Waals surface area contributed by atoms with Gasteiger partial charge < -0.3 is 9.84 Å². The highest BCUT2D eigenvalue weighted by Gasteiger charge is 2.16. The third-order valence-corrected chi connectivity index (χ3v) is 3.27. The zero-order chi connectivity index (χ0) is 15.7. The average Bonchev–Trinajstić information content (AvgIpc) is 2.44. The van der Waals surface area contributed by atoms with Crippen LogP contribution in [0.2, 0.25) is 0 Å². The van der Waals surface area contributed by atoms with Crippen molar-refractivity contribution in [3.05, 3.63) is 35.9 Å². The zero-order valence-corrected chi connectivity index (χ0v) is 13.3. The number of carboxylic acids is 1. The van der Waals surface area contributed by atoms with Crippen molar-refractivity contribution in [2.24, 2.45) is 5.92 Å². The summed E-state index contributed by atoms with van der Waals surface area (Å²) in [5.74, 6) is -1.11. The number of rotatable bonds is 10. The van der Waals surface area contributed by atoms with Crippen LogP contribution in [-0.4, -0.2) is 41.8 Å². The van der Waals surface area contributed by atoms with E-state index in [1.807, 2.05) is 32.0 Å². The minimum atomic E-state index is -0.744. The molecule has 0 aliphatic rings. The molecule has 4 nitrogen and oxygen atoms in total. The maximum absolute atomic E-state index is 11.1. The molecule has 21 heavy (non-hydrogen) atoms. The molecule has 1 aromatic carbocycles. The number of aliphatic carboxylic acids is 1. The molecule has 1 unspecified atom stereocenters. The number of ether oxygens (including phenoxy) is 1. The predicted octanol–water partition coefficient (Wildman–Crippen LogP) is 3.02. The van der Waals surface area contributed by atoms with E-state index in [0.717, 1.165) is 19.5 Å². The molecule has 0 saturated heterocycles. The summed E-state index contributed by atoms with van der Waals surface area (Å²) in [4.78, 5) is 13.2. The topological polar surface area (TPSA) is 49.8 Å². The van der Waals surface area contributed by atoms with Crippen molar-refractivity contribution in [3.63, 3.8) is 0 Å². The van der Waals surface area contributed by atoms with Gasteiger partial charge in [-0.3, -0.25) is 9.69 Å². The Morgan fingerprint density at radius 2 is 1.90 bits per heavy atom. The van der Waals surface area contributed by atoms with Gasteiger partial charge in [-0.05, 0) is 25.8 Å². The molecule has 4 heteroatoms. The van der Waals surface area contributed by atoms with E-state index in [2.05, 4.69) is 17.0 Å². The minimum absolute atomic E-state index is 0.241. The van der Waals surface area contributed by atoms with Gasteiger partial charge in [0.25, 0.3) is 0 Å². The van der Waals surface area contributed by atoms with Gasteiger partial charge in [0.2, 0.25) is 0 Å². The highest BCUT2D eigenvalue weighted by atomic mass is 16.5. The lowest BCUT2D eigenvalue weighted by atomic mass is 10.1. The van der Waals surface area contributed by atoms with Gasteiger partial charge in [-0.1, -0.05) is 37.3 Å². The van der Waals surface area contributed by atoms with E-state index in [0.29, 0.717) is 13.2 Å². The molecule has 0 aliphatic heterocycles. The normalized spacial score (nSPS) is 12.8. The van der Waals surface area contributed by atoms with Gasteiger partial charge in [-0.25, -0.2) is 0 Å². The molecule has 1 atom stereocenters. The first-order valence-electron chi connectivity index (χ1n) is 7.59. The fourth-order valence-corrected chi connectivity index (χ4v) is 2.15. The molecule has 0 amide bonds. The van der Waals surface area contributed by atoms with Crippen molar-refractivity contribution < 1.29 is 14.6 Å². The van der Waals surface area contributed by atoms with E-state index in [4.69, 9.17) is 9.84 Å². The van der Waals surface area contributed by atoms with Gasteiger partial charge in [0.15, 0.2) is 0 Å². The van der Waals surface area contributed by atoms with Crippen molar-refractivity contribution in [1.29, 1.82) is 0 Å². The Labute approximate surface area is 127 Å². The average molecular weight is 293 g/mol. The van der Waals surface area contributed by atoms with Crippen molar-refractivity contribution in [3.8, 4) is 0 Å². The lowest BCUT2D eigenvalue weighted by molar-refractivity contribution is -0.141. The van der Waals surface area contributed by atoms with Gasteiger partial charge in [0, 0.05) is 26.2 Å². The first-order chi connectivity index (χ1) is 9.99. The fraction of sp³-hybridized carbons (Fsp3) is 0.588. The number of carboxylic acid groups (broad SMARTS) is 1. The van der Waals surface area contributed by atoms with E-state index < -0.39 is 5.97 Å².